The zero-order chi connectivity index (χ0) is 8.77. The van der Waals surface area contributed by atoms with Crippen molar-refractivity contribution in [3.8, 4) is 0 Å². The number of nitrogens with one attached hydrogen (secondary N) is 1. The summed E-state index contributed by atoms with van der Waals surface area (Å²) in [6.07, 6.45) is 1.56. The fraction of sp³-hybridized carbons (Fsp3) is 0.500. The largest absolute Gasteiger partial charge is 0.368 e. The van der Waals surface area contributed by atoms with Gasteiger partial charge in [-0.25, -0.2) is 9.97 Å². The Hall–Kier alpha value is -0.830. The zero-order valence-corrected chi connectivity index (χ0v) is 7.81. The number of anilines is 1. The van der Waals surface area contributed by atoms with Gasteiger partial charge < -0.3 is 5.32 Å². The van der Waals surface area contributed by atoms with Crippen molar-refractivity contribution in [2.75, 3.05) is 11.9 Å². The van der Waals surface area contributed by atoms with Crippen molar-refractivity contribution in [1.82, 2.24) is 9.97 Å². The lowest BCUT2D eigenvalue weighted by Gasteiger charge is -2.14. The molecule has 0 saturated carbocycles. The van der Waals surface area contributed by atoms with Crippen molar-refractivity contribution in [1.29, 1.82) is 0 Å². The zero-order valence-electron chi connectivity index (χ0n) is 7.06. The molecule has 0 bridgehead atoms. The molecule has 2 rings (SSSR count). The van der Waals surface area contributed by atoms with Crippen LogP contribution in [0.3, 0.4) is 0 Å². The molecule has 0 saturated heterocycles. The summed E-state index contributed by atoms with van der Waals surface area (Å²) >= 11 is 5.75. The van der Waals surface area contributed by atoms with E-state index in [9.17, 15) is 0 Å². The molecule has 64 valence electrons. The molecule has 1 aromatic rings. The van der Waals surface area contributed by atoms with Crippen LogP contribution in [-0.4, -0.2) is 16.5 Å². The highest BCUT2D eigenvalue weighted by Crippen LogP contribution is 2.33. The van der Waals surface area contributed by atoms with Gasteiger partial charge in [-0.2, -0.15) is 0 Å². The minimum atomic E-state index is 0.0488. The lowest BCUT2D eigenvalue weighted by atomic mass is 9.92. The van der Waals surface area contributed by atoms with E-state index in [1.807, 2.05) is 0 Å². The van der Waals surface area contributed by atoms with Gasteiger partial charge in [0.15, 0.2) is 0 Å². The molecule has 1 aliphatic rings. The molecule has 0 aliphatic carbocycles. The molecule has 0 radical (unpaired) electrons. The van der Waals surface area contributed by atoms with E-state index in [4.69, 9.17) is 11.6 Å². The van der Waals surface area contributed by atoms with Crippen LogP contribution in [0.4, 0.5) is 5.82 Å². The van der Waals surface area contributed by atoms with Crippen LogP contribution in [0.15, 0.2) is 6.20 Å². The molecule has 1 aliphatic heterocycles. The minimum Gasteiger partial charge on any atom is -0.368 e. The van der Waals surface area contributed by atoms with Crippen molar-refractivity contribution in [2.45, 2.75) is 19.3 Å². The predicted octanol–water partition coefficient (Wildman–Crippen LogP) is 1.83. The minimum absolute atomic E-state index is 0.0488. The van der Waals surface area contributed by atoms with Crippen LogP contribution in [0.5, 0.6) is 0 Å². The molecule has 4 heteroatoms. The van der Waals surface area contributed by atoms with Crippen LogP contribution in [0.1, 0.15) is 19.5 Å². The summed E-state index contributed by atoms with van der Waals surface area (Å²) in [4.78, 5) is 8.40. The molecule has 2 heterocycles. The Labute approximate surface area is 76.2 Å². The van der Waals surface area contributed by atoms with Gasteiger partial charge in [0, 0.05) is 12.0 Å². The van der Waals surface area contributed by atoms with Gasteiger partial charge in [-0.3, -0.25) is 0 Å². The third-order valence-corrected chi connectivity index (χ3v) is 2.26. The van der Waals surface area contributed by atoms with Crippen LogP contribution in [0, 0.1) is 0 Å². The van der Waals surface area contributed by atoms with Crippen molar-refractivity contribution in [3.05, 3.63) is 17.0 Å². The number of aromatic nitrogens is 2. The molecule has 0 atom stereocenters. The average Bonchev–Trinajstić information content (AvgIpc) is 2.28. The summed E-state index contributed by atoms with van der Waals surface area (Å²) in [6.45, 7) is 5.12. The molecule has 0 spiro atoms. The number of nitrogens with zero attached hydrogens (tertiary/aromatic N) is 2. The second-order valence-electron chi connectivity index (χ2n) is 3.63. The van der Waals surface area contributed by atoms with Crippen molar-refractivity contribution < 1.29 is 0 Å². The second kappa shape index (κ2) is 2.33. The molecule has 3 nitrogen and oxygen atoms in total. The standard InChI is InChI=1S/C8H10ClN3/c1-8(2)4-11-7-6(8)12-5(9)3-10-7/h3H,4H2,1-2H3,(H,10,11). The number of fused-ring (bicyclic) bond motifs is 1. The van der Waals surface area contributed by atoms with Gasteiger partial charge in [0.1, 0.15) is 11.0 Å². The highest BCUT2D eigenvalue weighted by atomic mass is 35.5. The molecule has 0 amide bonds. The Morgan fingerprint density at radius 1 is 1.58 bits per heavy atom. The van der Waals surface area contributed by atoms with Crippen LogP contribution in [0.25, 0.3) is 0 Å². The summed E-state index contributed by atoms with van der Waals surface area (Å²) < 4.78 is 0. The maximum atomic E-state index is 5.75. The second-order valence-corrected chi connectivity index (χ2v) is 4.01. The first-order valence-electron chi connectivity index (χ1n) is 3.86. The Morgan fingerprint density at radius 3 is 3.08 bits per heavy atom. The van der Waals surface area contributed by atoms with Crippen LogP contribution >= 0.6 is 11.6 Å². The maximum absolute atomic E-state index is 5.75. The number of hydrogen-bond acceptors (Lipinski definition) is 3. The molecular formula is C8H10ClN3. The number of rotatable bonds is 0. The van der Waals surface area contributed by atoms with E-state index in [0.717, 1.165) is 18.1 Å². The van der Waals surface area contributed by atoms with Gasteiger partial charge in [0.2, 0.25) is 0 Å². The predicted molar refractivity (Wildman–Crippen MR) is 48.6 cm³/mol. The normalized spacial score (nSPS) is 18.6. The first-order chi connectivity index (χ1) is 5.59. The van der Waals surface area contributed by atoms with E-state index in [2.05, 4.69) is 29.1 Å². The van der Waals surface area contributed by atoms with E-state index in [-0.39, 0.29) is 5.41 Å². The SMILES string of the molecule is CC1(C)CNc2ncc(Cl)nc21. The van der Waals surface area contributed by atoms with Crippen LogP contribution < -0.4 is 5.32 Å². The Bertz CT molecular complexity index is 322. The highest BCUT2D eigenvalue weighted by molar-refractivity contribution is 6.29. The van der Waals surface area contributed by atoms with E-state index in [1.54, 1.807) is 6.20 Å². The first-order valence-corrected chi connectivity index (χ1v) is 4.24. The van der Waals surface area contributed by atoms with Gasteiger partial charge in [-0.1, -0.05) is 25.4 Å². The lowest BCUT2D eigenvalue weighted by Crippen LogP contribution is -2.20. The average molecular weight is 184 g/mol. The van der Waals surface area contributed by atoms with Gasteiger partial charge in [0.25, 0.3) is 0 Å². The van der Waals surface area contributed by atoms with Crippen LogP contribution in [0.2, 0.25) is 5.15 Å². The smallest absolute Gasteiger partial charge is 0.148 e. The summed E-state index contributed by atoms with van der Waals surface area (Å²) in [6, 6.07) is 0. The fourth-order valence-corrected chi connectivity index (χ4v) is 1.49. The van der Waals surface area contributed by atoms with Crippen molar-refractivity contribution >= 4 is 17.4 Å². The molecule has 1 aromatic heterocycles. The third-order valence-electron chi connectivity index (χ3n) is 2.08. The monoisotopic (exact) mass is 183 g/mol. The van der Waals surface area contributed by atoms with Crippen LogP contribution in [-0.2, 0) is 5.41 Å². The summed E-state index contributed by atoms with van der Waals surface area (Å²) in [5.74, 6) is 0.865. The summed E-state index contributed by atoms with van der Waals surface area (Å²) in [5.41, 5.74) is 1.02. The Kier molecular flexibility index (Phi) is 1.51. The topological polar surface area (TPSA) is 37.8 Å². The maximum Gasteiger partial charge on any atom is 0.148 e. The summed E-state index contributed by atoms with van der Waals surface area (Å²) in [7, 11) is 0. The van der Waals surface area contributed by atoms with E-state index in [1.165, 1.54) is 0 Å². The van der Waals surface area contributed by atoms with Gasteiger partial charge in [-0.05, 0) is 0 Å². The van der Waals surface area contributed by atoms with Gasteiger partial charge in [-0.15, -0.1) is 0 Å². The molecular weight excluding hydrogens is 174 g/mol. The molecule has 1 N–H and O–H groups in total. The highest BCUT2D eigenvalue weighted by Gasteiger charge is 2.32. The summed E-state index contributed by atoms with van der Waals surface area (Å²) in [5, 5.41) is 3.65. The number of hydrogen-bond donors (Lipinski definition) is 1. The van der Waals surface area contributed by atoms with E-state index < -0.39 is 0 Å². The molecule has 0 aromatic carbocycles. The molecule has 0 fully saturated rings. The third kappa shape index (κ3) is 1.05. The van der Waals surface area contributed by atoms with Crippen molar-refractivity contribution in [2.24, 2.45) is 0 Å². The number of halogens is 1. The van der Waals surface area contributed by atoms with E-state index in [0.29, 0.717) is 5.15 Å². The quantitative estimate of drug-likeness (QED) is 0.667. The van der Waals surface area contributed by atoms with Gasteiger partial charge in [0.05, 0.1) is 11.9 Å². The Morgan fingerprint density at radius 2 is 2.33 bits per heavy atom. The lowest BCUT2D eigenvalue weighted by molar-refractivity contribution is 0.568. The fourth-order valence-electron chi connectivity index (χ4n) is 1.36. The van der Waals surface area contributed by atoms with Crippen molar-refractivity contribution in [3.63, 3.8) is 0 Å². The first kappa shape index (κ1) is 7.80. The van der Waals surface area contributed by atoms with Gasteiger partial charge >= 0.3 is 0 Å². The Balaban J connectivity index is 2.57. The molecule has 12 heavy (non-hydrogen) atoms. The van der Waals surface area contributed by atoms with E-state index >= 15 is 0 Å². The molecule has 0 unspecified atom stereocenters.